The maximum absolute atomic E-state index is 11.4. The van der Waals surface area contributed by atoms with E-state index < -0.39 is 5.97 Å². The largest absolute Gasteiger partial charge is 0.478 e. The van der Waals surface area contributed by atoms with Crippen LogP contribution in [0.25, 0.3) is 0 Å². The highest BCUT2D eigenvalue weighted by molar-refractivity contribution is 5.91. The molecular weight excluding hydrogens is 220 g/mol. The fraction of sp³-hybridized carbons (Fsp3) is 0.167. The van der Waals surface area contributed by atoms with E-state index >= 15 is 0 Å². The Balaban J connectivity index is 2.60. The first-order valence-electron chi connectivity index (χ1n) is 5.06. The quantitative estimate of drug-likeness (QED) is 0.698. The molecule has 1 rings (SSSR count). The molecular formula is C12H14N2O3. The molecule has 1 aromatic carbocycles. The van der Waals surface area contributed by atoms with E-state index in [0.29, 0.717) is 5.69 Å². The molecule has 1 aromatic rings. The fourth-order valence-corrected chi connectivity index (χ4v) is 1.13. The average Bonchev–Trinajstić information content (AvgIpc) is 2.29. The number of hydrogen-bond donors (Lipinski definition) is 3. The van der Waals surface area contributed by atoms with Gasteiger partial charge < -0.3 is 15.7 Å². The number of hydrogen-bond acceptors (Lipinski definition) is 2. The Hall–Kier alpha value is -2.30. The summed E-state index contributed by atoms with van der Waals surface area (Å²) >= 11 is 0. The lowest BCUT2D eigenvalue weighted by Crippen LogP contribution is -2.34. The van der Waals surface area contributed by atoms with Crippen molar-refractivity contribution in [1.29, 1.82) is 0 Å². The van der Waals surface area contributed by atoms with E-state index in [2.05, 4.69) is 17.2 Å². The first-order valence-corrected chi connectivity index (χ1v) is 5.06. The van der Waals surface area contributed by atoms with Gasteiger partial charge in [0.15, 0.2) is 0 Å². The Kier molecular flexibility index (Phi) is 4.28. The molecule has 2 amide bonds. The smallest absolute Gasteiger partial charge is 0.335 e. The first kappa shape index (κ1) is 12.8. The third kappa shape index (κ3) is 3.98. The van der Waals surface area contributed by atoms with E-state index in [0.717, 1.165) is 0 Å². The van der Waals surface area contributed by atoms with Gasteiger partial charge in [0.2, 0.25) is 0 Å². The van der Waals surface area contributed by atoms with Gasteiger partial charge in [-0.3, -0.25) is 0 Å². The van der Waals surface area contributed by atoms with Crippen LogP contribution in [0.3, 0.4) is 0 Å². The zero-order valence-corrected chi connectivity index (χ0v) is 9.43. The monoisotopic (exact) mass is 234 g/mol. The maximum atomic E-state index is 11.4. The summed E-state index contributed by atoms with van der Waals surface area (Å²) in [5, 5.41) is 13.9. The Labute approximate surface area is 99.1 Å². The molecule has 1 atom stereocenters. The predicted molar refractivity (Wildman–Crippen MR) is 65.2 cm³/mol. The van der Waals surface area contributed by atoms with Crippen LogP contribution < -0.4 is 10.6 Å². The van der Waals surface area contributed by atoms with Crippen LogP contribution >= 0.6 is 0 Å². The molecule has 3 N–H and O–H groups in total. The minimum Gasteiger partial charge on any atom is -0.478 e. The molecule has 0 aliphatic rings. The van der Waals surface area contributed by atoms with Crippen molar-refractivity contribution in [3.8, 4) is 0 Å². The minimum absolute atomic E-state index is 0.131. The minimum atomic E-state index is -0.999. The van der Waals surface area contributed by atoms with Gasteiger partial charge in [-0.05, 0) is 31.2 Å². The Morgan fingerprint density at radius 2 is 1.94 bits per heavy atom. The van der Waals surface area contributed by atoms with Crippen LogP contribution in [0.15, 0.2) is 36.9 Å². The van der Waals surface area contributed by atoms with Crippen LogP contribution in [-0.4, -0.2) is 23.1 Å². The van der Waals surface area contributed by atoms with Gasteiger partial charge in [-0.25, -0.2) is 9.59 Å². The molecule has 0 bridgehead atoms. The molecule has 5 heteroatoms. The lowest BCUT2D eigenvalue weighted by atomic mass is 10.2. The van der Waals surface area contributed by atoms with Crippen molar-refractivity contribution >= 4 is 17.7 Å². The number of aromatic carboxylic acids is 1. The van der Waals surface area contributed by atoms with Gasteiger partial charge >= 0.3 is 12.0 Å². The van der Waals surface area contributed by atoms with E-state index in [1.165, 1.54) is 24.3 Å². The third-order valence-electron chi connectivity index (χ3n) is 2.10. The lowest BCUT2D eigenvalue weighted by Gasteiger charge is -2.10. The summed E-state index contributed by atoms with van der Waals surface area (Å²) in [6, 6.07) is 5.42. The predicted octanol–water partition coefficient (Wildman–Crippen LogP) is 2.08. The number of anilines is 1. The van der Waals surface area contributed by atoms with Gasteiger partial charge in [0, 0.05) is 11.7 Å². The van der Waals surface area contributed by atoms with Crippen molar-refractivity contribution in [1.82, 2.24) is 5.32 Å². The summed E-state index contributed by atoms with van der Waals surface area (Å²) in [5.41, 5.74) is 0.708. The first-order chi connectivity index (χ1) is 8.02. The van der Waals surface area contributed by atoms with Gasteiger partial charge in [0.1, 0.15) is 0 Å². The Bertz CT molecular complexity index is 426. The molecule has 0 spiro atoms. The van der Waals surface area contributed by atoms with Crippen molar-refractivity contribution in [2.24, 2.45) is 0 Å². The van der Waals surface area contributed by atoms with E-state index in [4.69, 9.17) is 5.11 Å². The fourth-order valence-electron chi connectivity index (χ4n) is 1.13. The van der Waals surface area contributed by atoms with Crippen molar-refractivity contribution in [3.63, 3.8) is 0 Å². The van der Waals surface area contributed by atoms with Crippen LogP contribution in [0.4, 0.5) is 10.5 Å². The van der Waals surface area contributed by atoms with Gasteiger partial charge in [-0.2, -0.15) is 0 Å². The second kappa shape index (κ2) is 5.69. The highest BCUT2D eigenvalue weighted by Gasteiger charge is 2.05. The summed E-state index contributed by atoms with van der Waals surface area (Å²) in [4.78, 5) is 22.0. The highest BCUT2D eigenvalue weighted by Crippen LogP contribution is 2.09. The summed E-state index contributed by atoms with van der Waals surface area (Å²) in [7, 11) is 0. The standard InChI is InChI=1S/C12H14N2O3/c1-3-8(2)13-12(17)14-10-6-4-9(5-7-10)11(15)16/h3-8H,1H2,2H3,(H,15,16)(H2,13,14,17). The number of rotatable bonds is 4. The molecule has 0 aliphatic heterocycles. The van der Waals surface area contributed by atoms with Crippen LogP contribution in [0.1, 0.15) is 17.3 Å². The summed E-state index contributed by atoms with van der Waals surface area (Å²) in [6.07, 6.45) is 1.60. The molecule has 0 saturated carbocycles. The summed E-state index contributed by atoms with van der Waals surface area (Å²) < 4.78 is 0. The van der Waals surface area contributed by atoms with E-state index in [1.54, 1.807) is 13.0 Å². The van der Waals surface area contributed by atoms with E-state index in [-0.39, 0.29) is 17.6 Å². The number of urea groups is 1. The SMILES string of the molecule is C=CC(C)NC(=O)Nc1ccc(C(=O)O)cc1. The second-order valence-corrected chi connectivity index (χ2v) is 3.51. The van der Waals surface area contributed by atoms with Crippen molar-refractivity contribution < 1.29 is 14.7 Å². The van der Waals surface area contributed by atoms with Crippen LogP contribution in [0.5, 0.6) is 0 Å². The van der Waals surface area contributed by atoms with Gasteiger partial charge in [0.25, 0.3) is 0 Å². The molecule has 90 valence electrons. The number of carbonyl (C=O) groups excluding carboxylic acids is 1. The highest BCUT2D eigenvalue weighted by atomic mass is 16.4. The van der Waals surface area contributed by atoms with Gasteiger partial charge in [-0.15, -0.1) is 6.58 Å². The molecule has 0 aromatic heterocycles. The number of carboxylic acid groups (broad SMARTS) is 1. The second-order valence-electron chi connectivity index (χ2n) is 3.51. The Morgan fingerprint density at radius 3 is 2.41 bits per heavy atom. The van der Waals surface area contributed by atoms with E-state index in [9.17, 15) is 9.59 Å². The lowest BCUT2D eigenvalue weighted by molar-refractivity contribution is 0.0697. The molecule has 0 fully saturated rings. The molecule has 0 heterocycles. The number of benzene rings is 1. The van der Waals surface area contributed by atoms with Crippen LogP contribution in [0.2, 0.25) is 0 Å². The van der Waals surface area contributed by atoms with E-state index in [1.807, 2.05) is 0 Å². The van der Waals surface area contributed by atoms with Crippen LogP contribution in [0, 0.1) is 0 Å². The summed E-state index contributed by atoms with van der Waals surface area (Å²) in [6.45, 7) is 5.34. The molecule has 1 unspecified atom stereocenters. The zero-order chi connectivity index (χ0) is 12.8. The molecule has 5 nitrogen and oxygen atoms in total. The zero-order valence-electron chi connectivity index (χ0n) is 9.43. The topological polar surface area (TPSA) is 78.4 Å². The van der Waals surface area contributed by atoms with Crippen molar-refractivity contribution in [3.05, 3.63) is 42.5 Å². The number of carboxylic acids is 1. The normalized spacial score (nSPS) is 11.4. The average molecular weight is 234 g/mol. The van der Waals surface area contributed by atoms with Crippen molar-refractivity contribution in [2.75, 3.05) is 5.32 Å². The molecule has 0 saturated heterocycles. The Morgan fingerprint density at radius 1 is 1.35 bits per heavy atom. The van der Waals surface area contributed by atoms with Gasteiger partial charge in [-0.1, -0.05) is 6.08 Å². The number of nitrogens with one attached hydrogen (secondary N) is 2. The van der Waals surface area contributed by atoms with Gasteiger partial charge in [0.05, 0.1) is 5.56 Å². The number of amides is 2. The molecule has 17 heavy (non-hydrogen) atoms. The summed E-state index contributed by atoms with van der Waals surface area (Å²) in [5.74, 6) is -0.999. The van der Waals surface area contributed by atoms with Crippen molar-refractivity contribution in [2.45, 2.75) is 13.0 Å². The molecule has 0 radical (unpaired) electrons. The molecule has 0 aliphatic carbocycles. The number of carbonyl (C=O) groups is 2. The maximum Gasteiger partial charge on any atom is 0.335 e. The third-order valence-corrected chi connectivity index (χ3v) is 2.10. The van der Waals surface area contributed by atoms with Crippen LogP contribution in [-0.2, 0) is 0 Å².